The minimum absolute atomic E-state index is 0.135. The van der Waals surface area contributed by atoms with E-state index in [4.69, 9.17) is 0 Å². The van der Waals surface area contributed by atoms with E-state index in [9.17, 15) is 15.2 Å². The summed E-state index contributed by atoms with van der Waals surface area (Å²) >= 11 is 0. The van der Waals surface area contributed by atoms with E-state index in [1.54, 1.807) is 24.3 Å². The standard InChI is InChI=1S/C28H21N2O2P/c29-21-26(28(32)30-27(31)22-13-5-1-6-14-22)33(23-15-7-2-8-16-23,24-17-9-3-10-18-24)25-19-11-4-12-20-25/h1-20H,(H-,30,31,32)/p+1. The number of carbonyl (C=O) groups excluding carboxylic acids is 1. The molecule has 160 valence electrons. The Labute approximate surface area is 193 Å². The van der Waals surface area contributed by atoms with Gasteiger partial charge in [-0.25, -0.2) is 0 Å². The Morgan fingerprint density at radius 2 is 1.03 bits per heavy atom. The van der Waals surface area contributed by atoms with Crippen LogP contribution in [0.4, 0.5) is 0 Å². The highest BCUT2D eigenvalue weighted by molar-refractivity contribution is 7.99. The molecule has 0 spiro atoms. The molecule has 1 amide bonds. The average Bonchev–Trinajstić information content (AvgIpc) is 2.89. The van der Waals surface area contributed by atoms with Gasteiger partial charge in [-0.2, -0.15) is 5.26 Å². The molecule has 0 heterocycles. The van der Waals surface area contributed by atoms with Crippen LogP contribution in [0.2, 0.25) is 0 Å². The van der Waals surface area contributed by atoms with Crippen LogP contribution in [-0.4, -0.2) is 11.0 Å². The second-order valence-corrected chi connectivity index (χ2v) is 10.6. The lowest BCUT2D eigenvalue weighted by Crippen LogP contribution is -2.34. The summed E-state index contributed by atoms with van der Waals surface area (Å²) in [5.41, 5.74) is 0.393. The monoisotopic (exact) mass is 449 g/mol. The predicted octanol–water partition coefficient (Wildman–Crippen LogP) is 4.66. The molecule has 0 fully saturated rings. The first-order chi connectivity index (χ1) is 16.2. The zero-order chi connectivity index (χ0) is 23.1. The Bertz CT molecular complexity index is 1200. The summed E-state index contributed by atoms with van der Waals surface area (Å²) in [6, 6.07) is 40.0. The van der Waals surface area contributed by atoms with Gasteiger partial charge in [-0.3, -0.25) is 10.1 Å². The quantitative estimate of drug-likeness (QED) is 0.255. The van der Waals surface area contributed by atoms with E-state index in [0.29, 0.717) is 5.56 Å². The summed E-state index contributed by atoms with van der Waals surface area (Å²) in [5, 5.41) is 27.0. The number of hydrogen-bond acceptors (Lipinski definition) is 3. The Balaban J connectivity index is 2.00. The van der Waals surface area contributed by atoms with Gasteiger partial charge in [-0.15, -0.1) is 0 Å². The molecule has 33 heavy (non-hydrogen) atoms. The third kappa shape index (κ3) is 4.28. The van der Waals surface area contributed by atoms with Crippen molar-refractivity contribution < 1.29 is 9.90 Å². The first-order valence-electron chi connectivity index (χ1n) is 10.4. The van der Waals surface area contributed by atoms with Crippen LogP contribution in [0.1, 0.15) is 10.4 Å². The Morgan fingerprint density at radius 3 is 1.39 bits per heavy atom. The van der Waals surface area contributed by atoms with E-state index in [0.717, 1.165) is 15.9 Å². The highest BCUT2D eigenvalue weighted by Crippen LogP contribution is 2.62. The zero-order valence-corrected chi connectivity index (χ0v) is 18.7. The van der Waals surface area contributed by atoms with Crippen LogP contribution in [0.5, 0.6) is 0 Å². The summed E-state index contributed by atoms with van der Waals surface area (Å²) in [4.78, 5) is 12.8. The molecule has 5 heteroatoms. The third-order valence-corrected chi connectivity index (χ3v) is 9.56. The van der Waals surface area contributed by atoms with Gasteiger partial charge in [0.15, 0.2) is 7.26 Å². The number of nitrogens with one attached hydrogen (secondary N) is 1. The molecule has 0 unspecified atom stereocenters. The number of aliphatic hydroxyl groups excluding tert-OH is 1. The highest BCUT2D eigenvalue weighted by Gasteiger charge is 2.52. The van der Waals surface area contributed by atoms with Gasteiger partial charge in [0.05, 0.1) is 0 Å². The minimum Gasteiger partial charge on any atom is -0.491 e. The van der Waals surface area contributed by atoms with Crippen molar-refractivity contribution in [3.05, 3.63) is 138 Å². The maximum absolute atomic E-state index is 12.8. The van der Waals surface area contributed by atoms with Crippen molar-refractivity contribution in [2.45, 2.75) is 0 Å². The van der Waals surface area contributed by atoms with E-state index in [-0.39, 0.29) is 5.31 Å². The van der Waals surface area contributed by atoms with Gasteiger partial charge >= 0.3 is 0 Å². The first kappa shape index (κ1) is 22.0. The Morgan fingerprint density at radius 1 is 0.667 bits per heavy atom. The number of nitriles is 1. The molecule has 0 aliphatic rings. The predicted molar refractivity (Wildman–Crippen MR) is 134 cm³/mol. The number of amides is 1. The van der Waals surface area contributed by atoms with E-state index in [1.807, 2.05) is 97.1 Å². The zero-order valence-electron chi connectivity index (χ0n) is 17.8. The van der Waals surface area contributed by atoms with Gasteiger partial charge in [0, 0.05) is 5.56 Å². The second-order valence-electron chi connectivity index (χ2n) is 7.31. The van der Waals surface area contributed by atoms with Crippen LogP contribution in [0, 0.1) is 11.3 Å². The molecule has 0 radical (unpaired) electrons. The van der Waals surface area contributed by atoms with Gasteiger partial charge in [-0.1, -0.05) is 72.8 Å². The summed E-state index contributed by atoms with van der Waals surface area (Å²) in [6.45, 7) is 0. The third-order valence-electron chi connectivity index (χ3n) is 5.36. The fraction of sp³-hybridized carbons (Fsp3) is 0. The van der Waals surface area contributed by atoms with Crippen molar-refractivity contribution in [1.29, 1.82) is 5.26 Å². The molecular formula is C28H22N2O2P+. The number of benzene rings is 4. The van der Waals surface area contributed by atoms with Crippen LogP contribution in [0.25, 0.3) is 0 Å². The lowest BCUT2D eigenvalue weighted by molar-refractivity contribution is 0.0946. The lowest BCUT2D eigenvalue weighted by Gasteiger charge is -2.26. The van der Waals surface area contributed by atoms with Gasteiger partial charge in [0.1, 0.15) is 22.0 Å². The van der Waals surface area contributed by atoms with E-state index >= 15 is 0 Å². The fourth-order valence-corrected chi connectivity index (χ4v) is 7.96. The molecule has 4 rings (SSSR count). The van der Waals surface area contributed by atoms with Gasteiger partial charge in [0.25, 0.3) is 5.91 Å². The summed E-state index contributed by atoms with van der Waals surface area (Å²) in [6.07, 6.45) is 0. The molecule has 4 aromatic carbocycles. The van der Waals surface area contributed by atoms with Crippen molar-refractivity contribution in [3.8, 4) is 6.07 Å². The van der Waals surface area contributed by atoms with Crippen LogP contribution in [-0.2, 0) is 0 Å². The summed E-state index contributed by atoms with van der Waals surface area (Å²) in [5.74, 6) is -0.913. The second kappa shape index (κ2) is 9.96. The van der Waals surface area contributed by atoms with E-state index < -0.39 is 19.1 Å². The molecule has 0 saturated heterocycles. The topological polar surface area (TPSA) is 73.1 Å². The van der Waals surface area contributed by atoms with Crippen LogP contribution in [0.15, 0.2) is 133 Å². The fourth-order valence-electron chi connectivity index (χ4n) is 3.90. The molecule has 0 aromatic heterocycles. The molecule has 2 N–H and O–H groups in total. The molecular weight excluding hydrogens is 427 g/mol. The number of carbonyl (C=O) groups is 1. The maximum Gasteiger partial charge on any atom is 0.258 e. The summed E-state index contributed by atoms with van der Waals surface area (Å²) < 4.78 is 0. The van der Waals surface area contributed by atoms with Crippen molar-refractivity contribution in [3.63, 3.8) is 0 Å². The number of nitrogens with zero attached hydrogens (tertiary/aromatic N) is 1. The van der Waals surface area contributed by atoms with Crippen molar-refractivity contribution in [2.75, 3.05) is 0 Å². The largest absolute Gasteiger partial charge is 0.491 e. The normalized spacial score (nSPS) is 11.7. The van der Waals surface area contributed by atoms with Crippen LogP contribution in [0.3, 0.4) is 0 Å². The van der Waals surface area contributed by atoms with Crippen molar-refractivity contribution in [2.24, 2.45) is 0 Å². The van der Waals surface area contributed by atoms with Crippen LogP contribution < -0.4 is 21.2 Å². The molecule has 4 nitrogen and oxygen atoms in total. The van der Waals surface area contributed by atoms with E-state index in [1.165, 1.54) is 0 Å². The molecule has 0 saturated carbocycles. The first-order valence-corrected chi connectivity index (χ1v) is 12.2. The molecule has 0 atom stereocenters. The molecule has 0 aliphatic heterocycles. The van der Waals surface area contributed by atoms with Gasteiger partial charge < -0.3 is 5.11 Å². The van der Waals surface area contributed by atoms with Gasteiger partial charge in [-0.05, 0) is 48.5 Å². The molecule has 0 aliphatic carbocycles. The molecule has 4 aromatic rings. The Hall–Kier alpha value is -4.19. The number of hydrogen-bond donors (Lipinski definition) is 2. The number of allylic oxidation sites excluding steroid dienone is 1. The SMILES string of the molecule is N#CC(=C(O)NC(=O)c1ccccc1)[P+](c1ccccc1)(c1ccccc1)c1ccccc1. The molecule has 0 bridgehead atoms. The number of rotatable bonds is 6. The minimum atomic E-state index is -2.81. The lowest BCUT2D eigenvalue weighted by atomic mass is 10.2. The highest BCUT2D eigenvalue weighted by atomic mass is 31.2. The smallest absolute Gasteiger partial charge is 0.258 e. The Kier molecular flexibility index (Phi) is 6.64. The number of aliphatic hydroxyl groups is 1. The van der Waals surface area contributed by atoms with Crippen molar-refractivity contribution in [1.82, 2.24) is 5.32 Å². The van der Waals surface area contributed by atoms with E-state index in [2.05, 4.69) is 11.4 Å². The average molecular weight is 449 g/mol. The maximum atomic E-state index is 12.8. The van der Waals surface area contributed by atoms with Crippen molar-refractivity contribution >= 4 is 29.1 Å². The van der Waals surface area contributed by atoms with Gasteiger partial charge in [0.2, 0.25) is 11.2 Å². The summed E-state index contributed by atoms with van der Waals surface area (Å²) in [7, 11) is -2.81. The van der Waals surface area contributed by atoms with Crippen LogP contribution >= 0.6 is 7.26 Å².